The Morgan fingerprint density at radius 1 is 1.06 bits per heavy atom. The summed E-state index contributed by atoms with van der Waals surface area (Å²) in [5, 5.41) is 0.813. The maximum Gasteiger partial charge on any atom is 0.185 e. The third-order valence-electron chi connectivity index (χ3n) is 3.71. The quantitative estimate of drug-likeness (QED) is 0.763. The van der Waals surface area contributed by atoms with Crippen molar-refractivity contribution < 1.29 is 9.47 Å². The SMILES string of the molecule is CC1(C)OC(c2ccccc2CBr)OC1(C)C. The van der Waals surface area contributed by atoms with Crippen LogP contribution in [0.25, 0.3) is 0 Å². The summed E-state index contributed by atoms with van der Waals surface area (Å²) in [6, 6.07) is 8.21. The van der Waals surface area contributed by atoms with Gasteiger partial charge >= 0.3 is 0 Å². The summed E-state index contributed by atoms with van der Waals surface area (Å²) in [5.41, 5.74) is 1.77. The van der Waals surface area contributed by atoms with E-state index in [0.29, 0.717) is 0 Å². The van der Waals surface area contributed by atoms with E-state index in [1.54, 1.807) is 0 Å². The van der Waals surface area contributed by atoms with Crippen LogP contribution in [0.5, 0.6) is 0 Å². The predicted octanol–water partition coefficient (Wildman–Crippen LogP) is 4.18. The number of benzene rings is 1. The van der Waals surface area contributed by atoms with Crippen LogP contribution in [0.3, 0.4) is 0 Å². The molecule has 1 heterocycles. The summed E-state index contributed by atoms with van der Waals surface area (Å²) in [6.45, 7) is 8.29. The third kappa shape index (κ3) is 2.28. The highest BCUT2D eigenvalue weighted by Gasteiger charge is 2.49. The Morgan fingerprint density at radius 2 is 1.59 bits per heavy atom. The van der Waals surface area contributed by atoms with Crippen molar-refractivity contribution in [3.05, 3.63) is 35.4 Å². The molecule has 1 aliphatic heterocycles. The Labute approximate surface area is 111 Å². The van der Waals surface area contributed by atoms with Crippen LogP contribution in [0.4, 0.5) is 0 Å². The molecule has 1 aromatic rings. The van der Waals surface area contributed by atoms with E-state index in [1.165, 1.54) is 5.56 Å². The van der Waals surface area contributed by atoms with Gasteiger partial charge in [-0.2, -0.15) is 0 Å². The van der Waals surface area contributed by atoms with Gasteiger partial charge in [0.15, 0.2) is 6.29 Å². The summed E-state index contributed by atoms with van der Waals surface area (Å²) in [4.78, 5) is 0. The molecule has 1 aromatic carbocycles. The minimum Gasteiger partial charge on any atom is -0.339 e. The first-order chi connectivity index (χ1) is 7.87. The average Bonchev–Trinajstić information content (AvgIpc) is 2.48. The van der Waals surface area contributed by atoms with Gasteiger partial charge in [-0.05, 0) is 33.3 Å². The second kappa shape index (κ2) is 4.38. The van der Waals surface area contributed by atoms with E-state index >= 15 is 0 Å². The summed E-state index contributed by atoms with van der Waals surface area (Å²) in [7, 11) is 0. The molecular weight excluding hydrogens is 280 g/mol. The molecule has 3 heteroatoms. The summed E-state index contributed by atoms with van der Waals surface area (Å²) in [6.07, 6.45) is -0.270. The van der Waals surface area contributed by atoms with Crippen molar-refractivity contribution in [3.8, 4) is 0 Å². The molecule has 94 valence electrons. The Morgan fingerprint density at radius 3 is 2.12 bits per heavy atom. The van der Waals surface area contributed by atoms with E-state index in [1.807, 2.05) is 12.1 Å². The van der Waals surface area contributed by atoms with E-state index in [9.17, 15) is 0 Å². The van der Waals surface area contributed by atoms with Gasteiger partial charge in [0.25, 0.3) is 0 Å². The second-order valence-electron chi connectivity index (χ2n) is 5.42. The molecule has 0 unspecified atom stereocenters. The molecule has 0 bridgehead atoms. The molecule has 0 aliphatic carbocycles. The van der Waals surface area contributed by atoms with Gasteiger partial charge in [-0.15, -0.1) is 0 Å². The number of hydrogen-bond acceptors (Lipinski definition) is 2. The minimum absolute atomic E-state index is 0.270. The average molecular weight is 299 g/mol. The van der Waals surface area contributed by atoms with E-state index in [-0.39, 0.29) is 17.5 Å². The predicted molar refractivity (Wildman–Crippen MR) is 72.1 cm³/mol. The van der Waals surface area contributed by atoms with Crippen molar-refractivity contribution in [1.29, 1.82) is 0 Å². The first kappa shape index (κ1) is 13.1. The van der Waals surface area contributed by atoms with Gasteiger partial charge in [-0.3, -0.25) is 0 Å². The fraction of sp³-hybridized carbons (Fsp3) is 0.571. The van der Waals surface area contributed by atoms with Crippen LogP contribution in [0, 0.1) is 0 Å². The van der Waals surface area contributed by atoms with Crippen molar-refractivity contribution in [2.24, 2.45) is 0 Å². The summed E-state index contributed by atoms with van der Waals surface area (Å²) >= 11 is 3.50. The van der Waals surface area contributed by atoms with Gasteiger partial charge in [-0.1, -0.05) is 40.2 Å². The number of ether oxygens (including phenoxy) is 2. The lowest BCUT2D eigenvalue weighted by Crippen LogP contribution is -2.41. The highest BCUT2D eigenvalue weighted by molar-refractivity contribution is 9.08. The van der Waals surface area contributed by atoms with Crippen LogP contribution in [-0.4, -0.2) is 11.2 Å². The highest BCUT2D eigenvalue weighted by Crippen LogP contribution is 2.45. The first-order valence-corrected chi connectivity index (χ1v) is 6.99. The van der Waals surface area contributed by atoms with Crippen LogP contribution in [-0.2, 0) is 14.8 Å². The summed E-state index contributed by atoms with van der Waals surface area (Å²) in [5.74, 6) is 0. The molecule has 0 aromatic heterocycles. The summed E-state index contributed by atoms with van der Waals surface area (Å²) < 4.78 is 12.1. The van der Waals surface area contributed by atoms with Gasteiger partial charge in [0, 0.05) is 10.9 Å². The molecule has 0 saturated carbocycles. The molecule has 1 aliphatic rings. The Bertz CT molecular complexity index is 396. The molecule has 1 saturated heterocycles. The fourth-order valence-electron chi connectivity index (χ4n) is 1.86. The highest BCUT2D eigenvalue weighted by atomic mass is 79.9. The third-order valence-corrected chi connectivity index (χ3v) is 4.31. The topological polar surface area (TPSA) is 18.5 Å². The molecular formula is C14H19BrO2. The molecule has 2 nitrogen and oxygen atoms in total. The van der Waals surface area contributed by atoms with E-state index in [2.05, 4.69) is 55.8 Å². The maximum absolute atomic E-state index is 6.05. The fourth-order valence-corrected chi connectivity index (χ4v) is 2.37. The Hall–Kier alpha value is -0.380. The molecule has 0 radical (unpaired) electrons. The molecule has 0 N–H and O–H groups in total. The number of alkyl halides is 1. The molecule has 0 spiro atoms. The van der Waals surface area contributed by atoms with E-state index in [4.69, 9.17) is 9.47 Å². The van der Waals surface area contributed by atoms with Crippen molar-refractivity contribution in [1.82, 2.24) is 0 Å². The van der Waals surface area contributed by atoms with Gasteiger partial charge in [0.05, 0.1) is 11.2 Å². The molecule has 0 amide bonds. The van der Waals surface area contributed by atoms with Crippen LogP contribution >= 0.6 is 15.9 Å². The Kier molecular flexibility index (Phi) is 3.36. The zero-order chi connectivity index (χ0) is 12.7. The number of hydrogen-bond donors (Lipinski definition) is 0. The van der Waals surface area contributed by atoms with Gasteiger partial charge in [0.2, 0.25) is 0 Å². The van der Waals surface area contributed by atoms with Gasteiger partial charge in [0.1, 0.15) is 0 Å². The van der Waals surface area contributed by atoms with Crippen LogP contribution < -0.4 is 0 Å². The van der Waals surface area contributed by atoms with Crippen molar-refractivity contribution in [2.45, 2.75) is 50.5 Å². The van der Waals surface area contributed by atoms with Gasteiger partial charge in [-0.25, -0.2) is 0 Å². The lowest BCUT2D eigenvalue weighted by molar-refractivity contribution is -0.0899. The lowest BCUT2D eigenvalue weighted by atomic mass is 9.90. The zero-order valence-corrected chi connectivity index (χ0v) is 12.4. The van der Waals surface area contributed by atoms with Crippen LogP contribution in [0.15, 0.2) is 24.3 Å². The van der Waals surface area contributed by atoms with Gasteiger partial charge < -0.3 is 9.47 Å². The van der Waals surface area contributed by atoms with E-state index in [0.717, 1.165) is 10.9 Å². The minimum atomic E-state index is -0.281. The number of halogens is 1. The van der Waals surface area contributed by atoms with E-state index < -0.39 is 0 Å². The smallest absolute Gasteiger partial charge is 0.185 e. The molecule has 1 fully saturated rings. The van der Waals surface area contributed by atoms with Crippen molar-refractivity contribution in [3.63, 3.8) is 0 Å². The normalized spacial score (nSPS) is 22.9. The van der Waals surface area contributed by atoms with Crippen LogP contribution in [0.1, 0.15) is 45.1 Å². The van der Waals surface area contributed by atoms with Crippen molar-refractivity contribution >= 4 is 15.9 Å². The standard InChI is InChI=1S/C14H19BrO2/c1-13(2)14(3,4)17-12(16-13)11-8-6-5-7-10(11)9-15/h5-8,12H,9H2,1-4H3. The lowest BCUT2D eigenvalue weighted by Gasteiger charge is -2.30. The zero-order valence-electron chi connectivity index (χ0n) is 10.8. The van der Waals surface area contributed by atoms with Crippen molar-refractivity contribution in [2.75, 3.05) is 0 Å². The maximum atomic E-state index is 6.05. The molecule has 17 heavy (non-hydrogen) atoms. The first-order valence-electron chi connectivity index (χ1n) is 5.87. The largest absolute Gasteiger partial charge is 0.339 e. The molecule has 2 rings (SSSR count). The number of rotatable bonds is 2. The molecule has 0 atom stereocenters. The Balaban J connectivity index is 2.32. The second-order valence-corrected chi connectivity index (χ2v) is 5.98. The monoisotopic (exact) mass is 298 g/mol. The van der Waals surface area contributed by atoms with Crippen LogP contribution in [0.2, 0.25) is 0 Å².